The molecule has 1 aromatic carbocycles. The maximum atomic E-state index is 12.5. The summed E-state index contributed by atoms with van der Waals surface area (Å²) in [7, 11) is 1.67. The van der Waals surface area contributed by atoms with E-state index in [1.54, 1.807) is 7.11 Å². The van der Waals surface area contributed by atoms with Crippen LogP contribution in [0.1, 0.15) is 26.7 Å². The first-order valence-corrected chi connectivity index (χ1v) is 9.38. The van der Waals surface area contributed by atoms with Crippen molar-refractivity contribution in [2.75, 3.05) is 51.5 Å². The summed E-state index contributed by atoms with van der Waals surface area (Å²) in [5.74, 6) is 0.911. The van der Waals surface area contributed by atoms with Gasteiger partial charge in [-0.3, -0.25) is 4.79 Å². The van der Waals surface area contributed by atoms with E-state index in [1.165, 1.54) is 0 Å². The van der Waals surface area contributed by atoms with E-state index >= 15 is 0 Å². The molecule has 0 aliphatic carbocycles. The minimum atomic E-state index is -0.142. The van der Waals surface area contributed by atoms with Gasteiger partial charge in [-0.05, 0) is 51.0 Å². The maximum Gasteiger partial charge on any atom is 0.248 e. The van der Waals surface area contributed by atoms with Crippen LogP contribution in [0.5, 0.6) is 5.75 Å². The number of benzene rings is 1. The Balaban J connectivity index is 1.52. The molecule has 1 atom stereocenters. The number of carbonyl (C=O) groups excluding carboxylic acids is 1. The molecule has 1 aromatic rings. The van der Waals surface area contributed by atoms with Crippen molar-refractivity contribution in [3.8, 4) is 5.75 Å². The zero-order valence-corrected chi connectivity index (χ0v) is 16.1. The van der Waals surface area contributed by atoms with Crippen molar-refractivity contribution in [1.82, 2.24) is 4.90 Å². The van der Waals surface area contributed by atoms with Crippen LogP contribution >= 0.6 is 0 Å². The zero-order chi connectivity index (χ0) is 18.6. The van der Waals surface area contributed by atoms with Crippen LogP contribution in [-0.2, 0) is 14.3 Å². The highest BCUT2D eigenvalue weighted by Gasteiger charge is 2.35. The van der Waals surface area contributed by atoms with Gasteiger partial charge >= 0.3 is 0 Å². The third-order valence-corrected chi connectivity index (χ3v) is 5.19. The number of nitrogens with zero attached hydrogens (tertiary/aromatic N) is 2. The molecule has 6 nitrogen and oxygen atoms in total. The molecule has 0 radical (unpaired) electrons. The van der Waals surface area contributed by atoms with E-state index in [1.807, 2.05) is 17.0 Å². The maximum absolute atomic E-state index is 12.5. The average Bonchev–Trinajstić information content (AvgIpc) is 3.14. The van der Waals surface area contributed by atoms with Crippen molar-refractivity contribution >= 4 is 11.6 Å². The number of hydrogen-bond donors (Lipinski definition) is 0. The van der Waals surface area contributed by atoms with Crippen LogP contribution in [0.4, 0.5) is 5.69 Å². The van der Waals surface area contributed by atoms with E-state index in [9.17, 15) is 4.79 Å². The van der Waals surface area contributed by atoms with Gasteiger partial charge in [-0.15, -0.1) is 0 Å². The Bertz CT molecular complexity index is 596. The molecule has 144 valence electrons. The molecule has 3 rings (SSSR count). The van der Waals surface area contributed by atoms with E-state index in [0.29, 0.717) is 19.7 Å². The molecule has 2 aliphatic heterocycles. The van der Waals surface area contributed by atoms with Crippen molar-refractivity contribution in [2.24, 2.45) is 0 Å². The van der Waals surface area contributed by atoms with Gasteiger partial charge in [-0.25, -0.2) is 0 Å². The van der Waals surface area contributed by atoms with E-state index in [2.05, 4.69) is 30.9 Å². The average molecular weight is 362 g/mol. The molecule has 2 heterocycles. The summed E-state index contributed by atoms with van der Waals surface area (Å²) in [5, 5.41) is 0. The molecule has 0 saturated carbocycles. The lowest BCUT2D eigenvalue weighted by Gasteiger charge is -2.48. The van der Waals surface area contributed by atoms with Gasteiger partial charge in [0.05, 0.1) is 25.4 Å². The van der Waals surface area contributed by atoms with Gasteiger partial charge in [0.15, 0.2) is 0 Å². The lowest BCUT2D eigenvalue weighted by Crippen LogP contribution is -2.61. The number of hydrogen-bond acceptors (Lipinski definition) is 5. The van der Waals surface area contributed by atoms with Crippen LogP contribution < -0.4 is 9.64 Å². The van der Waals surface area contributed by atoms with Gasteiger partial charge in [0.1, 0.15) is 12.4 Å². The fraction of sp³-hybridized carbons (Fsp3) is 0.650. The predicted molar refractivity (Wildman–Crippen MR) is 101 cm³/mol. The van der Waals surface area contributed by atoms with Crippen LogP contribution in [0.3, 0.4) is 0 Å². The van der Waals surface area contributed by atoms with Crippen LogP contribution in [0, 0.1) is 0 Å². The molecule has 0 unspecified atom stereocenters. The van der Waals surface area contributed by atoms with E-state index in [0.717, 1.165) is 37.4 Å². The van der Waals surface area contributed by atoms with Gasteiger partial charge in [-0.1, -0.05) is 0 Å². The largest absolute Gasteiger partial charge is 0.497 e. The number of amides is 1. The fourth-order valence-corrected chi connectivity index (χ4v) is 3.75. The Hall–Kier alpha value is -1.79. The lowest BCUT2D eigenvalue weighted by molar-refractivity contribution is -0.138. The summed E-state index contributed by atoms with van der Waals surface area (Å²) < 4.78 is 16.4. The quantitative estimate of drug-likeness (QED) is 0.777. The Morgan fingerprint density at radius 1 is 1.27 bits per heavy atom. The standard InChI is InChI=1S/C20H30N2O4/c1-20(2)15-21(19(23)14-25-13-18-5-4-12-26-18)10-11-22(20)16-6-8-17(24-3)9-7-16/h6-9,18H,4-5,10-15H2,1-3H3/t18-/m0/s1. The third kappa shape index (κ3) is 4.48. The summed E-state index contributed by atoms with van der Waals surface area (Å²) >= 11 is 0. The number of methoxy groups -OCH3 is 1. The summed E-state index contributed by atoms with van der Waals surface area (Å²) in [4.78, 5) is 16.8. The monoisotopic (exact) mass is 362 g/mol. The molecule has 1 amide bonds. The van der Waals surface area contributed by atoms with Gasteiger partial charge < -0.3 is 24.0 Å². The van der Waals surface area contributed by atoms with Crippen LogP contribution in [0.15, 0.2) is 24.3 Å². The number of anilines is 1. The second kappa shape index (κ2) is 8.27. The lowest BCUT2D eigenvalue weighted by atomic mass is 9.97. The molecular weight excluding hydrogens is 332 g/mol. The predicted octanol–water partition coefficient (Wildman–Crippen LogP) is 2.32. The Kier molecular flexibility index (Phi) is 6.04. The van der Waals surface area contributed by atoms with Crippen molar-refractivity contribution in [2.45, 2.75) is 38.3 Å². The van der Waals surface area contributed by atoms with Crippen LogP contribution in [0.2, 0.25) is 0 Å². The van der Waals surface area contributed by atoms with Crippen LogP contribution in [-0.4, -0.2) is 69.0 Å². The molecule has 26 heavy (non-hydrogen) atoms. The molecule has 2 fully saturated rings. The number of piperazine rings is 1. The topological polar surface area (TPSA) is 51.2 Å². The van der Waals surface area contributed by atoms with E-state index in [4.69, 9.17) is 14.2 Å². The molecular formula is C20H30N2O4. The van der Waals surface area contributed by atoms with Crippen molar-refractivity contribution in [3.63, 3.8) is 0 Å². The molecule has 6 heteroatoms. The second-order valence-corrected chi connectivity index (χ2v) is 7.63. The van der Waals surface area contributed by atoms with Gasteiger partial charge in [-0.2, -0.15) is 0 Å². The molecule has 0 aromatic heterocycles. The normalized spacial score (nSPS) is 22.5. The number of carbonyl (C=O) groups is 1. The van der Waals surface area contributed by atoms with Crippen LogP contribution in [0.25, 0.3) is 0 Å². The zero-order valence-electron chi connectivity index (χ0n) is 16.1. The third-order valence-electron chi connectivity index (χ3n) is 5.19. The molecule has 0 spiro atoms. The van der Waals surface area contributed by atoms with E-state index < -0.39 is 0 Å². The first-order valence-electron chi connectivity index (χ1n) is 9.38. The van der Waals surface area contributed by atoms with Crippen molar-refractivity contribution in [1.29, 1.82) is 0 Å². The minimum Gasteiger partial charge on any atom is -0.497 e. The molecule has 0 bridgehead atoms. The first kappa shape index (κ1) is 19.0. The Labute approximate surface area is 156 Å². The minimum absolute atomic E-state index is 0.0606. The summed E-state index contributed by atoms with van der Waals surface area (Å²) in [6.07, 6.45) is 2.27. The second-order valence-electron chi connectivity index (χ2n) is 7.63. The highest BCUT2D eigenvalue weighted by Crippen LogP contribution is 2.29. The SMILES string of the molecule is COc1ccc(N2CCN(C(=O)COC[C@@H]3CCCO3)CC2(C)C)cc1. The first-order chi connectivity index (χ1) is 12.5. The van der Waals surface area contributed by atoms with Crippen molar-refractivity contribution in [3.05, 3.63) is 24.3 Å². The van der Waals surface area contributed by atoms with E-state index in [-0.39, 0.29) is 24.2 Å². The number of rotatable bonds is 6. The molecule has 2 saturated heterocycles. The highest BCUT2D eigenvalue weighted by molar-refractivity contribution is 5.78. The number of ether oxygens (including phenoxy) is 3. The Morgan fingerprint density at radius 2 is 2.04 bits per heavy atom. The summed E-state index contributed by atoms with van der Waals surface area (Å²) in [6.45, 7) is 7.99. The molecule has 0 N–H and O–H groups in total. The Morgan fingerprint density at radius 3 is 2.65 bits per heavy atom. The van der Waals surface area contributed by atoms with Crippen molar-refractivity contribution < 1.29 is 19.0 Å². The molecule has 2 aliphatic rings. The smallest absolute Gasteiger partial charge is 0.248 e. The highest BCUT2D eigenvalue weighted by atomic mass is 16.5. The summed E-state index contributed by atoms with van der Waals surface area (Å²) in [6, 6.07) is 8.09. The fourth-order valence-electron chi connectivity index (χ4n) is 3.75. The van der Waals surface area contributed by atoms with Gasteiger partial charge in [0.2, 0.25) is 5.91 Å². The van der Waals surface area contributed by atoms with Gasteiger partial charge in [0.25, 0.3) is 0 Å². The van der Waals surface area contributed by atoms with Gasteiger partial charge in [0, 0.05) is 31.9 Å². The summed E-state index contributed by atoms with van der Waals surface area (Å²) in [5.41, 5.74) is 1.01.